The van der Waals surface area contributed by atoms with Crippen LogP contribution in [0.2, 0.25) is 0 Å². The molecule has 0 unspecified atom stereocenters. The average molecular weight is 530 g/mol. The number of para-hydroxylation sites is 1. The van der Waals surface area contributed by atoms with Crippen LogP contribution in [0.5, 0.6) is 11.5 Å². The van der Waals surface area contributed by atoms with Gasteiger partial charge in [0.2, 0.25) is 0 Å². The first kappa shape index (κ1) is 28.2. The van der Waals surface area contributed by atoms with Gasteiger partial charge in [0.05, 0.1) is 13.2 Å². The van der Waals surface area contributed by atoms with Crippen LogP contribution >= 0.6 is 0 Å². The molecule has 206 valence electrons. The van der Waals surface area contributed by atoms with E-state index in [-0.39, 0.29) is 17.1 Å². The Morgan fingerprint density at radius 2 is 1.69 bits per heavy atom. The third-order valence-corrected chi connectivity index (χ3v) is 6.78. The minimum absolute atomic E-state index is 0.0206. The number of ether oxygens (including phenoxy) is 3. The maximum Gasteiger partial charge on any atom is 0.355 e. The van der Waals surface area contributed by atoms with E-state index >= 15 is 0 Å². The summed E-state index contributed by atoms with van der Waals surface area (Å²) in [6.45, 7) is 10.2. The molecule has 0 aliphatic carbocycles. The highest BCUT2D eigenvalue weighted by atomic mass is 16.5. The van der Waals surface area contributed by atoms with Gasteiger partial charge in [0.1, 0.15) is 23.8 Å². The van der Waals surface area contributed by atoms with Gasteiger partial charge >= 0.3 is 5.97 Å². The quantitative estimate of drug-likeness (QED) is 0.163. The number of hydrogen-bond donors (Lipinski definition) is 1. The number of carbonyl (C=O) groups is 1. The van der Waals surface area contributed by atoms with Crippen molar-refractivity contribution in [2.75, 3.05) is 26.9 Å². The maximum atomic E-state index is 13.7. The topological polar surface area (TPSA) is 69.9 Å². The van der Waals surface area contributed by atoms with Crippen LogP contribution in [0.1, 0.15) is 62.2 Å². The Morgan fingerprint density at radius 3 is 2.38 bits per heavy atom. The van der Waals surface area contributed by atoms with Crippen LogP contribution in [0.15, 0.2) is 66.7 Å². The molecule has 0 saturated carbocycles. The van der Waals surface area contributed by atoms with E-state index in [4.69, 9.17) is 14.2 Å². The smallest absolute Gasteiger partial charge is 0.355 e. The monoisotopic (exact) mass is 529 g/mol. The summed E-state index contributed by atoms with van der Waals surface area (Å²) < 4.78 is 18.6. The molecule has 0 atom stereocenters. The number of esters is 1. The predicted octanol–water partition coefficient (Wildman–Crippen LogP) is 7.34. The first-order valence-corrected chi connectivity index (χ1v) is 13.6. The minimum Gasteiger partial charge on any atom is -0.508 e. The lowest BCUT2D eigenvalue weighted by atomic mass is 9.86. The van der Waals surface area contributed by atoms with Crippen LogP contribution in [-0.4, -0.2) is 42.6 Å². The lowest BCUT2D eigenvalue weighted by molar-refractivity contribution is 0.0489. The molecule has 0 aliphatic rings. The Bertz CT molecular complexity index is 1410. The molecule has 6 heteroatoms. The number of phenols is 1. The fourth-order valence-electron chi connectivity index (χ4n) is 4.73. The highest BCUT2D eigenvalue weighted by Gasteiger charge is 2.26. The van der Waals surface area contributed by atoms with Crippen molar-refractivity contribution in [1.29, 1.82) is 0 Å². The normalized spacial score (nSPS) is 11.6. The standard InChI is InChI=1S/C33H39NO5/c1-6-7-16-39-32(36)31-30(24-12-14-25(15-13-24)33(2,3)4)28-10-8-9-11-29(28)34(31)22-23-19-26(35)21-27(20-23)38-18-17-37-5/h8-15,19-21,35H,6-7,16-18,22H2,1-5H3. The second-order valence-electron chi connectivity index (χ2n) is 10.8. The molecule has 4 rings (SSSR count). The van der Waals surface area contributed by atoms with Crippen molar-refractivity contribution >= 4 is 16.9 Å². The van der Waals surface area contributed by atoms with E-state index in [2.05, 4.69) is 52.0 Å². The fourth-order valence-corrected chi connectivity index (χ4v) is 4.73. The Kier molecular flexibility index (Phi) is 8.97. The highest BCUT2D eigenvalue weighted by molar-refractivity contribution is 6.08. The molecule has 0 amide bonds. The SMILES string of the molecule is CCCCOC(=O)c1c(-c2ccc(C(C)(C)C)cc2)c2ccccc2n1Cc1cc(O)cc(OCCOC)c1. The molecule has 1 N–H and O–H groups in total. The third-order valence-electron chi connectivity index (χ3n) is 6.78. The van der Waals surface area contributed by atoms with Crippen LogP contribution in [0, 0.1) is 0 Å². The van der Waals surface area contributed by atoms with Crippen LogP contribution in [0.3, 0.4) is 0 Å². The zero-order valence-corrected chi connectivity index (χ0v) is 23.6. The molecule has 0 saturated heterocycles. The number of rotatable bonds is 11. The molecule has 6 nitrogen and oxygen atoms in total. The maximum absolute atomic E-state index is 13.7. The Balaban J connectivity index is 1.85. The van der Waals surface area contributed by atoms with Crippen LogP contribution < -0.4 is 4.74 Å². The second-order valence-corrected chi connectivity index (χ2v) is 10.8. The minimum atomic E-state index is -0.355. The van der Waals surface area contributed by atoms with Gasteiger partial charge in [0.15, 0.2) is 0 Å². The van der Waals surface area contributed by atoms with Gasteiger partial charge in [0.25, 0.3) is 0 Å². The molecular formula is C33H39NO5. The number of phenolic OH excluding ortho intramolecular Hbond substituents is 1. The van der Waals surface area contributed by atoms with Gasteiger partial charge in [-0.3, -0.25) is 0 Å². The van der Waals surface area contributed by atoms with E-state index in [1.54, 1.807) is 19.2 Å². The van der Waals surface area contributed by atoms with Gasteiger partial charge in [-0.2, -0.15) is 0 Å². The molecule has 0 bridgehead atoms. The van der Waals surface area contributed by atoms with Crippen molar-refractivity contribution in [2.24, 2.45) is 0 Å². The highest BCUT2D eigenvalue weighted by Crippen LogP contribution is 2.37. The van der Waals surface area contributed by atoms with Gasteiger partial charge in [-0.25, -0.2) is 4.79 Å². The molecule has 0 radical (unpaired) electrons. The van der Waals surface area contributed by atoms with Crippen LogP contribution in [0.4, 0.5) is 0 Å². The number of carbonyl (C=O) groups excluding carboxylic acids is 1. The third kappa shape index (κ3) is 6.63. The summed E-state index contributed by atoms with van der Waals surface area (Å²) in [6.07, 6.45) is 1.74. The van der Waals surface area contributed by atoms with E-state index < -0.39 is 0 Å². The van der Waals surface area contributed by atoms with E-state index in [0.29, 0.717) is 37.8 Å². The molecule has 0 aliphatic heterocycles. The van der Waals surface area contributed by atoms with Gasteiger partial charge < -0.3 is 23.9 Å². The first-order valence-electron chi connectivity index (χ1n) is 13.6. The summed E-state index contributed by atoms with van der Waals surface area (Å²) in [6, 6.07) is 21.6. The zero-order valence-electron chi connectivity index (χ0n) is 23.6. The number of unbranched alkanes of at least 4 members (excludes halogenated alkanes) is 1. The molecule has 39 heavy (non-hydrogen) atoms. The van der Waals surface area contributed by atoms with Crippen molar-refractivity contribution in [1.82, 2.24) is 4.57 Å². The van der Waals surface area contributed by atoms with Crippen LogP contribution in [0.25, 0.3) is 22.0 Å². The lowest BCUT2D eigenvalue weighted by Crippen LogP contribution is -2.15. The van der Waals surface area contributed by atoms with E-state index in [9.17, 15) is 9.90 Å². The number of methoxy groups -OCH3 is 1. The summed E-state index contributed by atoms with van der Waals surface area (Å²) >= 11 is 0. The Hall–Kier alpha value is -3.77. The van der Waals surface area contributed by atoms with Crippen LogP contribution in [-0.2, 0) is 21.4 Å². The van der Waals surface area contributed by atoms with Crippen molar-refractivity contribution in [2.45, 2.75) is 52.5 Å². The number of aromatic hydroxyl groups is 1. The second kappa shape index (κ2) is 12.4. The number of hydrogen-bond acceptors (Lipinski definition) is 5. The van der Waals surface area contributed by atoms with Gasteiger partial charge in [-0.1, -0.05) is 76.6 Å². The van der Waals surface area contributed by atoms with Crippen molar-refractivity contribution < 1.29 is 24.1 Å². The van der Waals surface area contributed by atoms with Crippen molar-refractivity contribution in [3.8, 4) is 22.6 Å². The van der Waals surface area contributed by atoms with E-state index in [0.717, 1.165) is 40.4 Å². The largest absolute Gasteiger partial charge is 0.508 e. The summed E-state index contributed by atoms with van der Waals surface area (Å²) in [5.74, 6) is 0.288. The lowest BCUT2D eigenvalue weighted by Gasteiger charge is -2.19. The Labute approximate surface area is 231 Å². The van der Waals surface area contributed by atoms with Crippen molar-refractivity contribution in [3.05, 3.63) is 83.6 Å². The number of benzene rings is 3. The fraction of sp³-hybridized carbons (Fsp3) is 0.364. The van der Waals surface area contributed by atoms with Gasteiger partial charge in [-0.05, 0) is 46.7 Å². The molecule has 1 aromatic heterocycles. The van der Waals surface area contributed by atoms with E-state index in [1.165, 1.54) is 5.56 Å². The summed E-state index contributed by atoms with van der Waals surface area (Å²) in [4.78, 5) is 13.7. The molecule has 0 fully saturated rings. The molecule has 4 aromatic rings. The molecule has 1 heterocycles. The summed E-state index contributed by atoms with van der Waals surface area (Å²) in [5, 5.41) is 11.4. The number of fused-ring (bicyclic) bond motifs is 1. The number of nitrogens with zero attached hydrogens (tertiary/aromatic N) is 1. The van der Waals surface area contributed by atoms with Crippen molar-refractivity contribution in [3.63, 3.8) is 0 Å². The summed E-state index contributed by atoms with van der Waals surface area (Å²) in [7, 11) is 1.61. The Morgan fingerprint density at radius 1 is 0.949 bits per heavy atom. The van der Waals surface area contributed by atoms with E-state index in [1.807, 2.05) is 34.9 Å². The van der Waals surface area contributed by atoms with Gasteiger partial charge in [-0.15, -0.1) is 0 Å². The average Bonchev–Trinajstić information content (AvgIpc) is 3.22. The first-order chi connectivity index (χ1) is 18.7. The molecular weight excluding hydrogens is 490 g/mol. The molecule has 0 spiro atoms. The zero-order chi connectivity index (χ0) is 28.0. The summed E-state index contributed by atoms with van der Waals surface area (Å²) in [5.41, 5.74) is 5.28. The number of aromatic nitrogens is 1. The molecule has 3 aromatic carbocycles. The predicted molar refractivity (Wildman–Crippen MR) is 156 cm³/mol. The van der Waals surface area contributed by atoms with Gasteiger partial charge in [0, 0.05) is 36.2 Å².